The minimum atomic E-state index is -0.821. The van der Waals surface area contributed by atoms with Crippen molar-refractivity contribution in [1.29, 1.82) is 0 Å². The number of para-hydroxylation sites is 1. The minimum Gasteiger partial charge on any atom is -0.247 e. The Morgan fingerprint density at radius 2 is 1.17 bits per heavy atom. The van der Waals surface area contributed by atoms with Crippen molar-refractivity contribution >= 4 is 32.6 Å². The van der Waals surface area contributed by atoms with Crippen LogP contribution < -0.4 is 0 Å². The number of nitrogens with zero attached hydrogens (tertiary/aromatic N) is 2. The number of hydrogen-bond acceptors (Lipinski definition) is 2. The highest BCUT2D eigenvalue weighted by Gasteiger charge is 2.36. The van der Waals surface area contributed by atoms with Gasteiger partial charge in [0.2, 0.25) is 11.9 Å². The summed E-state index contributed by atoms with van der Waals surface area (Å²) in [5, 5.41) is 4.53. The molecule has 0 atom stereocenters. The third-order valence-electron chi connectivity index (χ3n) is 8.64. The first-order valence-electron chi connectivity index (χ1n) is 13.7. The van der Waals surface area contributed by atoms with Gasteiger partial charge in [0, 0.05) is 27.1 Å². The van der Waals surface area contributed by atoms with Gasteiger partial charge in [-0.25, -0.2) is 4.98 Å². The van der Waals surface area contributed by atoms with Crippen LogP contribution in [-0.2, 0) is 5.41 Å². The van der Waals surface area contributed by atoms with Crippen molar-refractivity contribution in [2.24, 2.45) is 0 Å². The molecule has 0 radical (unpaired) electrons. The van der Waals surface area contributed by atoms with Crippen LogP contribution in [0.15, 0.2) is 109 Å². The van der Waals surface area contributed by atoms with Crippen molar-refractivity contribution in [3.8, 4) is 33.4 Å². The quantitative estimate of drug-likeness (QED) is 0.125. The molecule has 2 aromatic heterocycles. The fourth-order valence-electron chi connectivity index (χ4n) is 6.55. The average Bonchev–Trinajstić information content (AvgIpc) is 3.21. The Bertz CT molecular complexity index is 2210. The monoisotopic (exact) mass is 534 g/mol. The van der Waals surface area contributed by atoms with Gasteiger partial charge in [-0.15, -0.1) is 0 Å². The number of pyridine rings is 2. The Kier molecular flexibility index (Phi) is 4.96. The number of halogens is 2. The number of hydrogen-bond donors (Lipinski definition) is 0. The maximum atomic E-state index is 14.6. The lowest BCUT2D eigenvalue weighted by molar-refractivity contribution is 0.515. The van der Waals surface area contributed by atoms with E-state index in [9.17, 15) is 8.78 Å². The molecule has 0 fully saturated rings. The van der Waals surface area contributed by atoms with Gasteiger partial charge in [-0.3, -0.25) is 0 Å². The van der Waals surface area contributed by atoms with Gasteiger partial charge in [-0.1, -0.05) is 80.6 Å². The van der Waals surface area contributed by atoms with E-state index in [0.29, 0.717) is 11.1 Å². The van der Waals surface area contributed by atoms with Crippen LogP contribution in [0.3, 0.4) is 0 Å². The number of fused-ring (bicyclic) bond motifs is 7. The van der Waals surface area contributed by atoms with Crippen LogP contribution in [0.4, 0.5) is 8.78 Å². The van der Waals surface area contributed by atoms with Crippen LogP contribution in [0.1, 0.15) is 25.0 Å². The summed E-state index contributed by atoms with van der Waals surface area (Å²) < 4.78 is 28.0. The summed E-state index contributed by atoms with van der Waals surface area (Å²) in [6.07, 6.45) is 0. The standard InChI is InChI=1S/C37H24F2N2/c1-37(2)31-19-21(25-15-16-34(38)41-36(25)39)11-13-27(31)28-14-12-22(20-32(28)37)30-18-24-17-23-7-3-6-10-33(23)40-35(24)29-9-5-4-8-26(29)30/h3-20H,1-2H3. The van der Waals surface area contributed by atoms with Crippen LogP contribution in [0.2, 0.25) is 0 Å². The first-order valence-corrected chi connectivity index (χ1v) is 13.7. The van der Waals surface area contributed by atoms with Crippen LogP contribution >= 0.6 is 0 Å². The summed E-state index contributed by atoms with van der Waals surface area (Å²) in [6.45, 7) is 4.41. The van der Waals surface area contributed by atoms with E-state index in [1.54, 1.807) is 0 Å². The molecular formula is C37H24F2N2. The molecule has 7 aromatic rings. The second-order valence-electron chi connectivity index (χ2n) is 11.3. The fourth-order valence-corrected chi connectivity index (χ4v) is 6.55. The van der Waals surface area contributed by atoms with Gasteiger partial charge in [-0.2, -0.15) is 13.8 Å². The minimum absolute atomic E-state index is 0.297. The molecule has 0 saturated heterocycles. The fraction of sp³-hybridized carbons (Fsp3) is 0.0811. The van der Waals surface area contributed by atoms with Gasteiger partial charge < -0.3 is 0 Å². The first kappa shape index (κ1) is 23.9. The number of benzene rings is 5. The maximum absolute atomic E-state index is 14.6. The highest BCUT2D eigenvalue weighted by atomic mass is 19.1. The Morgan fingerprint density at radius 1 is 0.537 bits per heavy atom. The molecule has 0 unspecified atom stereocenters. The van der Waals surface area contributed by atoms with Gasteiger partial charge in [0.1, 0.15) is 0 Å². The molecule has 0 spiro atoms. The lowest BCUT2D eigenvalue weighted by atomic mass is 9.80. The van der Waals surface area contributed by atoms with E-state index in [-0.39, 0.29) is 5.41 Å². The Labute approximate surface area is 236 Å². The summed E-state index contributed by atoms with van der Waals surface area (Å²) in [6, 6.07) is 36.5. The molecule has 5 aromatic carbocycles. The molecule has 0 N–H and O–H groups in total. The van der Waals surface area contributed by atoms with E-state index < -0.39 is 11.9 Å². The van der Waals surface area contributed by atoms with Crippen LogP contribution in [-0.4, -0.2) is 9.97 Å². The molecule has 0 aliphatic heterocycles. The van der Waals surface area contributed by atoms with Crippen molar-refractivity contribution in [2.45, 2.75) is 19.3 Å². The molecule has 1 aliphatic rings. The van der Waals surface area contributed by atoms with Crippen molar-refractivity contribution in [2.75, 3.05) is 0 Å². The van der Waals surface area contributed by atoms with Crippen molar-refractivity contribution in [3.63, 3.8) is 0 Å². The molecule has 1 aliphatic carbocycles. The summed E-state index contributed by atoms with van der Waals surface area (Å²) >= 11 is 0. The Morgan fingerprint density at radius 3 is 1.90 bits per heavy atom. The van der Waals surface area contributed by atoms with Gasteiger partial charge >= 0.3 is 0 Å². The maximum Gasteiger partial charge on any atom is 0.223 e. The molecule has 0 saturated carbocycles. The predicted octanol–water partition coefficient (Wildman–Crippen LogP) is 9.85. The Balaban J connectivity index is 1.30. The highest BCUT2D eigenvalue weighted by molar-refractivity contribution is 6.14. The van der Waals surface area contributed by atoms with Crippen molar-refractivity contribution < 1.29 is 8.78 Å². The molecule has 8 rings (SSSR count). The van der Waals surface area contributed by atoms with Gasteiger partial charge in [0.05, 0.1) is 11.0 Å². The normalized spacial score (nSPS) is 13.6. The lowest BCUT2D eigenvalue weighted by Crippen LogP contribution is -2.15. The summed E-state index contributed by atoms with van der Waals surface area (Å²) in [5.41, 5.74) is 9.63. The topological polar surface area (TPSA) is 25.8 Å². The van der Waals surface area contributed by atoms with Crippen molar-refractivity contribution in [1.82, 2.24) is 9.97 Å². The molecule has 41 heavy (non-hydrogen) atoms. The molecule has 196 valence electrons. The largest absolute Gasteiger partial charge is 0.247 e. The number of rotatable bonds is 2. The van der Waals surface area contributed by atoms with Crippen LogP contribution in [0.5, 0.6) is 0 Å². The third kappa shape index (κ3) is 3.53. The summed E-state index contributed by atoms with van der Waals surface area (Å²) in [7, 11) is 0. The third-order valence-corrected chi connectivity index (χ3v) is 8.64. The zero-order chi connectivity index (χ0) is 27.9. The van der Waals surface area contributed by atoms with E-state index in [2.05, 4.69) is 85.6 Å². The van der Waals surface area contributed by atoms with Gasteiger partial charge in [-0.05, 0) is 86.8 Å². The Hall–Kier alpha value is -4.96. The lowest BCUT2D eigenvalue weighted by Gasteiger charge is -2.23. The van der Waals surface area contributed by atoms with E-state index in [4.69, 9.17) is 4.98 Å². The molecule has 0 amide bonds. The summed E-state index contributed by atoms with van der Waals surface area (Å²) in [5.74, 6) is -1.62. The molecule has 2 nitrogen and oxygen atoms in total. The zero-order valence-corrected chi connectivity index (χ0v) is 22.5. The van der Waals surface area contributed by atoms with Crippen LogP contribution in [0, 0.1) is 11.9 Å². The smallest absolute Gasteiger partial charge is 0.223 e. The molecule has 4 heteroatoms. The highest BCUT2D eigenvalue weighted by Crippen LogP contribution is 2.51. The molecular weight excluding hydrogens is 510 g/mol. The molecule has 0 bridgehead atoms. The van der Waals surface area contributed by atoms with Crippen LogP contribution in [0.25, 0.3) is 66.0 Å². The van der Waals surface area contributed by atoms with Gasteiger partial charge in [0.25, 0.3) is 0 Å². The number of aromatic nitrogens is 2. The SMILES string of the molecule is CC1(C)c2cc(-c3ccc(F)nc3F)ccc2-c2ccc(-c3cc4cc5ccccc5nc4c4ccccc34)cc21. The average molecular weight is 535 g/mol. The second-order valence-corrected chi connectivity index (χ2v) is 11.3. The zero-order valence-electron chi connectivity index (χ0n) is 22.5. The van der Waals surface area contributed by atoms with E-state index in [1.165, 1.54) is 28.8 Å². The van der Waals surface area contributed by atoms with Crippen molar-refractivity contribution in [3.05, 3.63) is 132 Å². The molecule has 2 heterocycles. The summed E-state index contributed by atoms with van der Waals surface area (Å²) in [4.78, 5) is 8.43. The van der Waals surface area contributed by atoms with Gasteiger partial charge in [0.15, 0.2) is 0 Å². The van der Waals surface area contributed by atoms with E-state index >= 15 is 0 Å². The van der Waals surface area contributed by atoms with E-state index in [1.807, 2.05) is 30.3 Å². The second kappa shape index (κ2) is 8.52. The van der Waals surface area contributed by atoms with E-state index in [0.717, 1.165) is 49.3 Å². The predicted molar refractivity (Wildman–Crippen MR) is 163 cm³/mol. The first-order chi connectivity index (χ1) is 19.9.